The molecule has 0 fully saturated rings. The monoisotopic (exact) mass is 370 g/mol. The molecule has 126 valence electrons. The topological polar surface area (TPSA) is 120 Å². The van der Waals surface area contributed by atoms with Crippen molar-refractivity contribution in [3.63, 3.8) is 0 Å². The number of aliphatic hydroxyl groups excluding tert-OH is 1. The maximum Gasteiger partial charge on any atom is 0.293 e. The van der Waals surface area contributed by atoms with Gasteiger partial charge in [0.2, 0.25) is 5.88 Å². The van der Waals surface area contributed by atoms with E-state index in [2.05, 4.69) is 5.32 Å². The van der Waals surface area contributed by atoms with Crippen molar-refractivity contribution in [2.45, 2.75) is 11.8 Å². The molecule has 10 heteroatoms. The van der Waals surface area contributed by atoms with Gasteiger partial charge in [0.15, 0.2) is 5.76 Å². The lowest BCUT2D eigenvalue weighted by Gasteiger charge is -2.22. The summed E-state index contributed by atoms with van der Waals surface area (Å²) in [6, 6.07) is 7.26. The first-order valence-electron chi connectivity index (χ1n) is 6.57. The van der Waals surface area contributed by atoms with Crippen LogP contribution in [0.4, 0.5) is 5.69 Å². The molecule has 1 aliphatic heterocycles. The van der Waals surface area contributed by atoms with Gasteiger partial charge in [0.1, 0.15) is 16.2 Å². The van der Waals surface area contributed by atoms with Crippen molar-refractivity contribution in [2.24, 2.45) is 0 Å². The van der Waals surface area contributed by atoms with Gasteiger partial charge in [-0.3, -0.25) is 10.0 Å². The Balaban J connectivity index is 2.07. The molecule has 0 spiro atoms. The molecular formula is C14H11ClN2O6S. The number of nitrogens with zero attached hydrogens (tertiary/aromatic N) is 1. The molecule has 2 aromatic rings. The standard InChI is InChI=1S/C14H11ClN2O6S/c1-7-6-10-12(23-7)11(14(19)17(20)24(10,21)22)13(18)16-9-4-2-8(15)3-5-9/h2-6,19-20H,1H3,(H,16,18). The van der Waals surface area contributed by atoms with Crippen LogP contribution in [0.5, 0.6) is 0 Å². The molecule has 3 N–H and O–H groups in total. The summed E-state index contributed by atoms with van der Waals surface area (Å²) in [5.74, 6) is -2.16. The second-order valence-electron chi connectivity index (χ2n) is 4.96. The van der Waals surface area contributed by atoms with Gasteiger partial charge in [-0.2, -0.15) is 8.42 Å². The van der Waals surface area contributed by atoms with Crippen LogP contribution in [0.15, 0.2) is 45.5 Å². The molecule has 0 radical (unpaired) electrons. The van der Waals surface area contributed by atoms with E-state index < -0.39 is 32.3 Å². The van der Waals surface area contributed by atoms with Crippen molar-refractivity contribution in [3.05, 3.63) is 52.8 Å². The molecular weight excluding hydrogens is 360 g/mol. The minimum atomic E-state index is -4.40. The maximum absolute atomic E-state index is 12.4. The molecule has 24 heavy (non-hydrogen) atoms. The second kappa shape index (κ2) is 5.55. The highest BCUT2D eigenvalue weighted by Crippen LogP contribution is 2.37. The van der Waals surface area contributed by atoms with Crippen molar-refractivity contribution in [1.29, 1.82) is 0 Å². The van der Waals surface area contributed by atoms with Gasteiger partial charge in [-0.15, -0.1) is 4.47 Å². The van der Waals surface area contributed by atoms with Crippen LogP contribution in [0.2, 0.25) is 5.02 Å². The fourth-order valence-corrected chi connectivity index (χ4v) is 3.52. The number of furan rings is 1. The lowest BCUT2D eigenvalue weighted by molar-refractivity contribution is -0.111. The number of anilines is 1. The Bertz CT molecular complexity index is 962. The zero-order chi connectivity index (χ0) is 17.6. The number of halogens is 1. The zero-order valence-electron chi connectivity index (χ0n) is 12.1. The minimum Gasteiger partial charge on any atom is -0.492 e. The first-order valence-corrected chi connectivity index (χ1v) is 8.39. The van der Waals surface area contributed by atoms with Crippen LogP contribution in [0.3, 0.4) is 0 Å². The van der Waals surface area contributed by atoms with E-state index in [-0.39, 0.29) is 16.0 Å². The highest BCUT2D eigenvalue weighted by atomic mass is 35.5. The molecule has 0 bridgehead atoms. The highest BCUT2D eigenvalue weighted by molar-refractivity contribution is 7.89. The van der Waals surface area contributed by atoms with Crippen LogP contribution in [0.25, 0.3) is 5.57 Å². The van der Waals surface area contributed by atoms with Gasteiger partial charge in [0.05, 0.1) is 0 Å². The van der Waals surface area contributed by atoms with E-state index in [0.717, 1.165) is 6.07 Å². The number of aryl methyl sites for hydroxylation is 1. The number of amides is 1. The molecule has 0 aliphatic carbocycles. The third-order valence-electron chi connectivity index (χ3n) is 3.29. The third kappa shape index (κ3) is 2.52. The van der Waals surface area contributed by atoms with Gasteiger partial charge in [-0.05, 0) is 31.2 Å². The number of hydrogen-bond acceptors (Lipinski definition) is 6. The molecule has 3 rings (SSSR count). The number of sulfonamides is 1. The smallest absolute Gasteiger partial charge is 0.293 e. The quantitative estimate of drug-likeness (QED) is 0.747. The van der Waals surface area contributed by atoms with Crippen LogP contribution in [-0.4, -0.2) is 29.1 Å². The Morgan fingerprint density at radius 3 is 2.54 bits per heavy atom. The van der Waals surface area contributed by atoms with Crippen molar-refractivity contribution < 1.29 is 27.9 Å². The molecule has 0 atom stereocenters. The number of hydrogen-bond donors (Lipinski definition) is 3. The van der Waals surface area contributed by atoms with Gasteiger partial charge >= 0.3 is 0 Å². The number of aliphatic hydroxyl groups is 1. The SMILES string of the molecule is Cc1cc2c(o1)C(C(=O)Nc1ccc(Cl)cc1)=C(O)N(O)S2(=O)=O. The predicted octanol–water partition coefficient (Wildman–Crippen LogP) is 2.50. The summed E-state index contributed by atoms with van der Waals surface area (Å²) in [5, 5.41) is 22.6. The van der Waals surface area contributed by atoms with Crippen molar-refractivity contribution in [1.82, 2.24) is 4.47 Å². The Labute approximate surface area is 141 Å². The summed E-state index contributed by atoms with van der Waals surface area (Å²) in [7, 11) is -4.40. The summed E-state index contributed by atoms with van der Waals surface area (Å²) in [5.41, 5.74) is -0.155. The summed E-state index contributed by atoms with van der Waals surface area (Å²) in [4.78, 5) is 12.0. The van der Waals surface area contributed by atoms with Gasteiger partial charge in [-0.25, -0.2) is 0 Å². The number of hydroxylamine groups is 1. The number of carbonyl (C=O) groups excluding carboxylic acids is 1. The molecule has 8 nitrogen and oxygen atoms in total. The molecule has 1 aromatic carbocycles. The van der Waals surface area contributed by atoms with Gasteiger partial charge < -0.3 is 14.8 Å². The molecule has 2 heterocycles. The Morgan fingerprint density at radius 1 is 1.29 bits per heavy atom. The fraction of sp³-hybridized carbons (Fsp3) is 0.0714. The van der Waals surface area contributed by atoms with Crippen molar-refractivity contribution in [2.75, 3.05) is 5.32 Å². The number of rotatable bonds is 2. The van der Waals surface area contributed by atoms with Crippen LogP contribution in [-0.2, 0) is 14.8 Å². The van der Waals surface area contributed by atoms with E-state index in [1.165, 1.54) is 31.2 Å². The average molecular weight is 371 g/mol. The van der Waals surface area contributed by atoms with Gasteiger partial charge in [-0.1, -0.05) is 11.6 Å². The molecule has 0 saturated heterocycles. The second-order valence-corrected chi connectivity index (χ2v) is 7.13. The largest absolute Gasteiger partial charge is 0.492 e. The summed E-state index contributed by atoms with van der Waals surface area (Å²) in [6.45, 7) is 1.47. The van der Waals surface area contributed by atoms with Crippen LogP contribution < -0.4 is 5.32 Å². The van der Waals surface area contributed by atoms with Gasteiger partial charge in [0, 0.05) is 16.8 Å². The van der Waals surface area contributed by atoms with E-state index in [1.807, 2.05) is 0 Å². The lowest BCUT2D eigenvalue weighted by atomic mass is 10.2. The first-order chi connectivity index (χ1) is 11.2. The normalized spacial score (nSPS) is 16.0. The van der Waals surface area contributed by atoms with Crippen molar-refractivity contribution >= 4 is 38.8 Å². The van der Waals surface area contributed by atoms with E-state index in [9.17, 15) is 23.5 Å². The van der Waals surface area contributed by atoms with E-state index >= 15 is 0 Å². The van der Waals surface area contributed by atoms with Crippen molar-refractivity contribution in [3.8, 4) is 0 Å². The van der Waals surface area contributed by atoms with E-state index in [1.54, 1.807) is 0 Å². The summed E-state index contributed by atoms with van der Waals surface area (Å²) in [6.07, 6.45) is 0. The first kappa shape index (κ1) is 16.4. The predicted molar refractivity (Wildman–Crippen MR) is 83.9 cm³/mol. The highest BCUT2D eigenvalue weighted by Gasteiger charge is 2.42. The zero-order valence-corrected chi connectivity index (χ0v) is 13.7. The number of nitrogens with one attached hydrogen (secondary N) is 1. The van der Waals surface area contributed by atoms with Crippen LogP contribution >= 0.6 is 11.6 Å². The minimum absolute atomic E-state index is 0.198. The Kier molecular flexibility index (Phi) is 3.78. The molecule has 0 saturated carbocycles. The van der Waals surface area contributed by atoms with E-state index in [0.29, 0.717) is 10.7 Å². The number of benzene rings is 1. The number of fused-ring (bicyclic) bond motifs is 1. The maximum atomic E-state index is 12.4. The molecule has 1 aliphatic rings. The number of carbonyl (C=O) groups is 1. The lowest BCUT2D eigenvalue weighted by Crippen LogP contribution is -2.34. The third-order valence-corrected chi connectivity index (χ3v) is 5.03. The van der Waals surface area contributed by atoms with Crippen LogP contribution in [0, 0.1) is 6.92 Å². The van der Waals surface area contributed by atoms with E-state index in [4.69, 9.17) is 16.0 Å². The molecule has 1 aromatic heterocycles. The molecule has 1 amide bonds. The Hall–Kier alpha value is -2.49. The average Bonchev–Trinajstić information content (AvgIpc) is 2.90. The Morgan fingerprint density at radius 2 is 1.92 bits per heavy atom. The van der Waals surface area contributed by atoms with Crippen LogP contribution in [0.1, 0.15) is 11.5 Å². The fourth-order valence-electron chi connectivity index (χ4n) is 2.19. The van der Waals surface area contributed by atoms with Gasteiger partial charge in [0.25, 0.3) is 15.9 Å². The summed E-state index contributed by atoms with van der Waals surface area (Å²) < 4.78 is 29.0. The summed E-state index contributed by atoms with van der Waals surface area (Å²) >= 11 is 5.76. The molecule has 0 unspecified atom stereocenters.